The summed E-state index contributed by atoms with van der Waals surface area (Å²) in [6.07, 6.45) is 1.82. The third kappa shape index (κ3) is 5.84. The lowest BCUT2D eigenvalue weighted by Gasteiger charge is -2.38. The van der Waals surface area contributed by atoms with Gasteiger partial charge in [0.2, 0.25) is 0 Å². The molecule has 0 aliphatic carbocycles. The predicted molar refractivity (Wildman–Crippen MR) is 89.9 cm³/mol. The van der Waals surface area contributed by atoms with Gasteiger partial charge in [0.1, 0.15) is 5.82 Å². The molecule has 1 heterocycles. The van der Waals surface area contributed by atoms with Crippen LogP contribution in [0.2, 0.25) is 0 Å². The summed E-state index contributed by atoms with van der Waals surface area (Å²) in [6.45, 7) is 7.66. The van der Waals surface area contributed by atoms with Crippen molar-refractivity contribution in [1.29, 1.82) is 0 Å². The number of nitrogens with one attached hydrogen (secondary N) is 1. The largest absolute Gasteiger partial charge is 0.387 e. The monoisotopic (exact) mass is 324 g/mol. The highest BCUT2D eigenvalue weighted by Gasteiger charge is 2.26. The SMILES string of the molecule is COC1CCN(CC(C)(C)NC[C@H](O)c2cccc(F)c2)CC1. The number of rotatable bonds is 7. The van der Waals surface area contributed by atoms with Crippen molar-refractivity contribution < 1.29 is 14.2 Å². The van der Waals surface area contributed by atoms with E-state index in [-0.39, 0.29) is 11.4 Å². The zero-order valence-electron chi connectivity index (χ0n) is 14.4. The molecule has 1 atom stereocenters. The van der Waals surface area contributed by atoms with Crippen molar-refractivity contribution in [2.24, 2.45) is 0 Å². The van der Waals surface area contributed by atoms with Crippen LogP contribution in [0.3, 0.4) is 0 Å². The fourth-order valence-corrected chi connectivity index (χ4v) is 3.12. The van der Waals surface area contributed by atoms with E-state index in [2.05, 4.69) is 24.1 Å². The third-order valence-corrected chi connectivity index (χ3v) is 4.49. The van der Waals surface area contributed by atoms with Gasteiger partial charge in [-0.3, -0.25) is 0 Å². The Kier molecular flexibility index (Phi) is 6.53. The number of methoxy groups -OCH3 is 1. The van der Waals surface area contributed by atoms with Crippen LogP contribution in [-0.4, -0.2) is 54.9 Å². The molecule has 0 bridgehead atoms. The Balaban J connectivity index is 1.79. The van der Waals surface area contributed by atoms with Gasteiger partial charge in [0.15, 0.2) is 0 Å². The molecule has 0 radical (unpaired) electrons. The summed E-state index contributed by atoms with van der Waals surface area (Å²) >= 11 is 0. The molecule has 0 amide bonds. The molecule has 1 aromatic rings. The fourth-order valence-electron chi connectivity index (χ4n) is 3.12. The quantitative estimate of drug-likeness (QED) is 0.808. The Hall–Kier alpha value is -1.01. The smallest absolute Gasteiger partial charge is 0.123 e. The van der Waals surface area contributed by atoms with Gasteiger partial charge in [0, 0.05) is 38.8 Å². The number of hydrogen-bond acceptors (Lipinski definition) is 4. The van der Waals surface area contributed by atoms with E-state index < -0.39 is 6.10 Å². The minimum Gasteiger partial charge on any atom is -0.387 e. The van der Waals surface area contributed by atoms with Gasteiger partial charge in [-0.15, -0.1) is 0 Å². The summed E-state index contributed by atoms with van der Waals surface area (Å²) < 4.78 is 18.6. The number of hydrogen-bond donors (Lipinski definition) is 2. The molecular formula is C18H29FN2O2. The summed E-state index contributed by atoms with van der Waals surface area (Å²) in [6, 6.07) is 6.14. The number of halogens is 1. The van der Waals surface area contributed by atoms with Crippen molar-refractivity contribution in [3.8, 4) is 0 Å². The van der Waals surface area contributed by atoms with E-state index >= 15 is 0 Å². The first-order valence-electron chi connectivity index (χ1n) is 8.33. The van der Waals surface area contributed by atoms with Crippen LogP contribution in [0.15, 0.2) is 24.3 Å². The molecule has 1 aliphatic heterocycles. The van der Waals surface area contributed by atoms with Crippen LogP contribution < -0.4 is 5.32 Å². The Morgan fingerprint density at radius 3 is 2.70 bits per heavy atom. The van der Waals surface area contributed by atoms with E-state index in [1.54, 1.807) is 19.2 Å². The minimum atomic E-state index is -0.704. The Morgan fingerprint density at radius 1 is 1.39 bits per heavy atom. The molecule has 1 aliphatic rings. The molecule has 0 aromatic heterocycles. The van der Waals surface area contributed by atoms with Crippen LogP contribution in [0, 0.1) is 5.82 Å². The van der Waals surface area contributed by atoms with Gasteiger partial charge in [-0.05, 0) is 44.4 Å². The lowest BCUT2D eigenvalue weighted by molar-refractivity contribution is 0.0330. The summed E-state index contributed by atoms with van der Waals surface area (Å²) in [5.41, 5.74) is 0.489. The second kappa shape index (κ2) is 8.20. The van der Waals surface area contributed by atoms with Crippen molar-refractivity contribution in [2.45, 2.75) is 44.4 Å². The average molecular weight is 324 g/mol. The molecule has 1 saturated heterocycles. The fraction of sp³-hybridized carbons (Fsp3) is 0.667. The average Bonchev–Trinajstić information content (AvgIpc) is 2.53. The second-order valence-electron chi connectivity index (χ2n) is 7.05. The zero-order valence-corrected chi connectivity index (χ0v) is 14.4. The van der Waals surface area contributed by atoms with Crippen LogP contribution in [-0.2, 0) is 4.74 Å². The van der Waals surface area contributed by atoms with Crippen molar-refractivity contribution in [2.75, 3.05) is 33.3 Å². The van der Waals surface area contributed by atoms with Crippen molar-refractivity contribution in [1.82, 2.24) is 10.2 Å². The van der Waals surface area contributed by atoms with Crippen molar-refractivity contribution >= 4 is 0 Å². The molecular weight excluding hydrogens is 295 g/mol. The number of benzene rings is 1. The first-order valence-corrected chi connectivity index (χ1v) is 8.33. The molecule has 1 fully saturated rings. The number of likely N-dealkylation sites (tertiary alicyclic amines) is 1. The van der Waals surface area contributed by atoms with Crippen molar-refractivity contribution in [3.63, 3.8) is 0 Å². The third-order valence-electron chi connectivity index (χ3n) is 4.49. The van der Waals surface area contributed by atoms with Crippen LogP contribution in [0.1, 0.15) is 38.4 Å². The maximum absolute atomic E-state index is 13.2. The lowest BCUT2D eigenvalue weighted by atomic mass is 10.0. The Labute approximate surface area is 138 Å². The standard InChI is InChI=1S/C18H29FN2O2/c1-18(2,13-21-9-7-16(23-3)8-10-21)20-12-17(22)14-5-4-6-15(19)11-14/h4-6,11,16-17,20,22H,7-10,12-13H2,1-3H3/t17-/m0/s1. The van der Waals surface area contributed by atoms with Crippen LogP contribution in [0.25, 0.3) is 0 Å². The van der Waals surface area contributed by atoms with Gasteiger partial charge in [-0.2, -0.15) is 0 Å². The highest BCUT2D eigenvalue weighted by Crippen LogP contribution is 2.18. The van der Waals surface area contributed by atoms with E-state index in [1.165, 1.54) is 12.1 Å². The summed E-state index contributed by atoms with van der Waals surface area (Å²) in [4.78, 5) is 2.43. The molecule has 0 saturated carbocycles. The number of ether oxygens (including phenoxy) is 1. The van der Waals surface area contributed by atoms with Gasteiger partial charge in [0.25, 0.3) is 0 Å². The van der Waals surface area contributed by atoms with E-state index in [9.17, 15) is 9.50 Å². The van der Waals surface area contributed by atoms with E-state index in [1.807, 2.05) is 0 Å². The number of nitrogens with zero attached hydrogens (tertiary/aromatic N) is 1. The Morgan fingerprint density at radius 2 is 2.09 bits per heavy atom. The van der Waals surface area contributed by atoms with Gasteiger partial charge >= 0.3 is 0 Å². The summed E-state index contributed by atoms with van der Waals surface area (Å²) in [5.74, 6) is -0.318. The maximum Gasteiger partial charge on any atom is 0.123 e. The molecule has 5 heteroatoms. The predicted octanol–water partition coefficient (Wildman–Crippen LogP) is 2.34. The number of piperidine rings is 1. The van der Waals surface area contributed by atoms with E-state index in [0.717, 1.165) is 32.5 Å². The van der Waals surface area contributed by atoms with Crippen LogP contribution >= 0.6 is 0 Å². The van der Waals surface area contributed by atoms with Crippen molar-refractivity contribution in [3.05, 3.63) is 35.6 Å². The Bertz CT molecular complexity index is 488. The zero-order chi connectivity index (χ0) is 16.9. The van der Waals surface area contributed by atoms with E-state index in [4.69, 9.17) is 4.74 Å². The lowest BCUT2D eigenvalue weighted by Crippen LogP contribution is -2.52. The van der Waals surface area contributed by atoms with Gasteiger partial charge in [0.05, 0.1) is 12.2 Å². The second-order valence-corrected chi connectivity index (χ2v) is 7.05. The molecule has 2 rings (SSSR count). The van der Waals surface area contributed by atoms with Crippen LogP contribution in [0.5, 0.6) is 0 Å². The first-order chi connectivity index (χ1) is 10.9. The highest BCUT2D eigenvalue weighted by atomic mass is 19.1. The van der Waals surface area contributed by atoms with Gasteiger partial charge in [-0.25, -0.2) is 4.39 Å². The molecule has 130 valence electrons. The van der Waals surface area contributed by atoms with Gasteiger partial charge < -0.3 is 20.1 Å². The van der Waals surface area contributed by atoms with E-state index in [0.29, 0.717) is 18.2 Å². The van der Waals surface area contributed by atoms with Crippen LogP contribution in [0.4, 0.5) is 4.39 Å². The minimum absolute atomic E-state index is 0.117. The summed E-state index contributed by atoms with van der Waals surface area (Å²) in [5, 5.41) is 13.6. The highest BCUT2D eigenvalue weighted by molar-refractivity contribution is 5.19. The molecule has 0 unspecified atom stereocenters. The molecule has 4 nitrogen and oxygen atoms in total. The molecule has 0 spiro atoms. The molecule has 1 aromatic carbocycles. The van der Waals surface area contributed by atoms with Gasteiger partial charge in [-0.1, -0.05) is 12.1 Å². The number of aliphatic hydroxyl groups excluding tert-OH is 1. The molecule has 23 heavy (non-hydrogen) atoms. The number of β-amino-alcohol motifs (C(OH)–C–C–N with tert-alkyl or cyclic N) is 1. The summed E-state index contributed by atoms with van der Waals surface area (Å²) in [7, 11) is 1.78. The first kappa shape index (κ1) is 18.3. The number of aliphatic hydroxyl groups is 1. The molecule has 2 N–H and O–H groups in total. The normalized spacial score (nSPS) is 19.0. The topological polar surface area (TPSA) is 44.7 Å². The maximum atomic E-state index is 13.2.